The number of aromatic nitrogens is 1. The van der Waals surface area contributed by atoms with E-state index < -0.39 is 16.8 Å². The number of alkyl halides is 1. The highest BCUT2D eigenvalue weighted by Gasteiger charge is 2.59. The number of nitriles is 1. The third kappa shape index (κ3) is 2.67. The monoisotopic (exact) mass is 400 g/mol. The third-order valence-corrected chi connectivity index (χ3v) is 6.52. The molecule has 1 aromatic rings. The van der Waals surface area contributed by atoms with Crippen LogP contribution in [-0.4, -0.2) is 37.6 Å². The van der Waals surface area contributed by atoms with E-state index in [1.165, 1.54) is 4.90 Å². The highest BCUT2D eigenvalue weighted by Crippen LogP contribution is 2.45. The molecule has 2 fully saturated rings. The van der Waals surface area contributed by atoms with Gasteiger partial charge in [-0.05, 0) is 38.3 Å². The van der Waals surface area contributed by atoms with Crippen LogP contribution in [0.25, 0.3) is 0 Å². The molecule has 2 heterocycles. The Morgan fingerprint density at radius 1 is 1.36 bits per heavy atom. The molecule has 0 radical (unpaired) electrons. The van der Waals surface area contributed by atoms with Crippen LogP contribution in [0.15, 0.2) is 34.0 Å². The lowest BCUT2D eigenvalue weighted by atomic mass is 9.92. The van der Waals surface area contributed by atoms with E-state index in [4.69, 9.17) is 16.0 Å². The fraction of sp³-hybridized carbons (Fsp3) is 0.500. The number of carbonyl (C=O) groups excluding carboxylic acids is 2. The van der Waals surface area contributed by atoms with Crippen LogP contribution in [0.2, 0.25) is 0 Å². The molecule has 1 saturated carbocycles. The summed E-state index contributed by atoms with van der Waals surface area (Å²) in [7, 11) is 0. The van der Waals surface area contributed by atoms with Crippen LogP contribution in [0.4, 0.5) is 4.79 Å². The summed E-state index contributed by atoms with van der Waals surface area (Å²) < 4.78 is 5.56. The average molecular weight is 401 g/mol. The van der Waals surface area contributed by atoms with Gasteiger partial charge in [0.25, 0.3) is 5.91 Å². The molecule has 146 valence electrons. The van der Waals surface area contributed by atoms with Crippen molar-refractivity contribution in [2.24, 2.45) is 5.92 Å². The van der Waals surface area contributed by atoms with E-state index in [2.05, 4.69) is 11.1 Å². The molecule has 2 aliphatic carbocycles. The summed E-state index contributed by atoms with van der Waals surface area (Å²) in [4.78, 5) is 33.9. The van der Waals surface area contributed by atoms with E-state index in [1.54, 1.807) is 37.1 Å². The molecule has 4 rings (SSSR count). The van der Waals surface area contributed by atoms with Gasteiger partial charge in [-0.1, -0.05) is 18.9 Å². The molecule has 1 spiro atoms. The van der Waals surface area contributed by atoms with Crippen LogP contribution < -0.4 is 0 Å². The van der Waals surface area contributed by atoms with E-state index in [9.17, 15) is 14.9 Å². The van der Waals surface area contributed by atoms with E-state index >= 15 is 0 Å². The van der Waals surface area contributed by atoms with Crippen LogP contribution in [-0.2, 0) is 11.3 Å². The number of oxazole rings is 1. The van der Waals surface area contributed by atoms with Gasteiger partial charge in [0.15, 0.2) is 0 Å². The number of halogens is 1. The molecule has 2 atom stereocenters. The van der Waals surface area contributed by atoms with Crippen molar-refractivity contribution in [1.29, 1.82) is 5.26 Å². The first kappa shape index (κ1) is 18.8. The van der Waals surface area contributed by atoms with E-state index in [0.29, 0.717) is 35.8 Å². The second-order valence-corrected chi connectivity index (χ2v) is 8.07. The summed E-state index contributed by atoms with van der Waals surface area (Å²) in [5.74, 6) is 0.365. The minimum Gasteiger partial charge on any atom is -0.444 e. The summed E-state index contributed by atoms with van der Waals surface area (Å²) in [5.41, 5.74) is 0.257. The van der Waals surface area contributed by atoms with E-state index in [-0.39, 0.29) is 18.5 Å². The molecule has 1 aliphatic heterocycles. The summed E-state index contributed by atoms with van der Waals surface area (Å²) in [6.45, 7) is 3.71. The van der Waals surface area contributed by atoms with Gasteiger partial charge < -0.3 is 4.42 Å². The smallest absolute Gasteiger partial charge is 0.332 e. The summed E-state index contributed by atoms with van der Waals surface area (Å²) in [6.07, 6.45) is 7.94. The van der Waals surface area contributed by atoms with Crippen LogP contribution in [0.3, 0.4) is 0 Å². The number of rotatable bonds is 3. The summed E-state index contributed by atoms with van der Waals surface area (Å²) >= 11 is 6.40. The number of carbonyl (C=O) groups is 2. The second-order valence-electron chi connectivity index (χ2n) is 7.60. The van der Waals surface area contributed by atoms with Crippen molar-refractivity contribution in [3.8, 4) is 6.07 Å². The molecule has 7 nitrogen and oxygen atoms in total. The lowest BCUT2D eigenvalue weighted by Gasteiger charge is -2.30. The van der Waals surface area contributed by atoms with E-state index in [1.807, 2.05) is 0 Å². The number of amides is 3. The maximum absolute atomic E-state index is 13.5. The first-order valence-electron chi connectivity index (χ1n) is 9.39. The van der Waals surface area contributed by atoms with Gasteiger partial charge in [-0.25, -0.2) is 14.7 Å². The topological polar surface area (TPSA) is 90.4 Å². The molecule has 3 amide bonds. The number of nitrogens with zero attached hydrogens (tertiary/aromatic N) is 4. The minimum absolute atomic E-state index is 0.149. The Hall–Kier alpha value is -2.59. The SMILES string of the molecule is CC1=C(N2C(=O)N(Cc3ncc(C)o3)C3(CCCC3)C2=O)C=CC(C#N)C1Cl. The van der Waals surface area contributed by atoms with E-state index in [0.717, 1.165) is 12.8 Å². The van der Waals surface area contributed by atoms with Gasteiger partial charge in [0, 0.05) is 0 Å². The van der Waals surface area contributed by atoms with Crippen LogP contribution in [0.5, 0.6) is 0 Å². The summed E-state index contributed by atoms with van der Waals surface area (Å²) in [6, 6.07) is 1.75. The minimum atomic E-state index is -0.867. The van der Waals surface area contributed by atoms with Crippen molar-refractivity contribution in [2.45, 2.75) is 57.0 Å². The molecule has 0 N–H and O–H groups in total. The standard InChI is InChI=1S/C20H21ClN4O3/c1-12-10-23-16(28-12)11-24-19(27)25(18(26)20(24)7-3-4-8-20)15-6-5-14(9-22)17(21)13(15)2/h5-6,10,14,17H,3-4,7-8,11H2,1-2H3. The molecule has 0 aromatic carbocycles. The van der Waals surface area contributed by atoms with Gasteiger partial charge in [-0.2, -0.15) is 5.26 Å². The Balaban J connectivity index is 1.73. The van der Waals surface area contributed by atoms with Crippen molar-refractivity contribution in [2.75, 3.05) is 0 Å². The number of imide groups is 1. The van der Waals surface area contributed by atoms with Gasteiger partial charge in [-0.3, -0.25) is 9.69 Å². The molecule has 2 unspecified atom stereocenters. The summed E-state index contributed by atoms with van der Waals surface area (Å²) in [5, 5.41) is 8.65. The van der Waals surface area contributed by atoms with Crippen LogP contribution in [0.1, 0.15) is 44.3 Å². The Morgan fingerprint density at radius 3 is 2.68 bits per heavy atom. The second kappa shape index (κ2) is 6.78. The normalized spacial score (nSPS) is 26.6. The highest BCUT2D eigenvalue weighted by atomic mass is 35.5. The Kier molecular flexibility index (Phi) is 4.54. The molecule has 8 heteroatoms. The van der Waals surface area contributed by atoms with Gasteiger partial charge >= 0.3 is 6.03 Å². The zero-order chi connectivity index (χ0) is 20.1. The van der Waals surface area contributed by atoms with Gasteiger partial charge in [0.05, 0.1) is 29.3 Å². The predicted octanol–water partition coefficient (Wildman–Crippen LogP) is 3.65. The number of hydrogen-bond donors (Lipinski definition) is 0. The molecular formula is C20H21ClN4O3. The zero-order valence-electron chi connectivity index (χ0n) is 15.8. The number of allylic oxidation sites excluding steroid dienone is 3. The van der Waals surface area contributed by atoms with Crippen molar-refractivity contribution in [3.63, 3.8) is 0 Å². The van der Waals surface area contributed by atoms with Gasteiger partial charge in [0.1, 0.15) is 17.8 Å². The van der Waals surface area contributed by atoms with Gasteiger partial charge in [0.2, 0.25) is 5.89 Å². The first-order valence-corrected chi connectivity index (χ1v) is 9.83. The Bertz CT molecular complexity index is 935. The molecule has 1 saturated heterocycles. The lowest BCUT2D eigenvalue weighted by molar-refractivity contribution is -0.132. The highest BCUT2D eigenvalue weighted by molar-refractivity contribution is 6.23. The largest absolute Gasteiger partial charge is 0.444 e. The quantitative estimate of drug-likeness (QED) is 0.570. The van der Waals surface area contributed by atoms with Gasteiger partial charge in [-0.15, -0.1) is 11.6 Å². The van der Waals surface area contributed by atoms with Crippen molar-refractivity contribution in [1.82, 2.24) is 14.8 Å². The van der Waals surface area contributed by atoms with Crippen LogP contribution in [0, 0.1) is 24.2 Å². The predicted molar refractivity (Wildman–Crippen MR) is 101 cm³/mol. The van der Waals surface area contributed by atoms with Crippen molar-refractivity contribution < 1.29 is 14.0 Å². The lowest BCUT2D eigenvalue weighted by Crippen LogP contribution is -2.47. The zero-order valence-corrected chi connectivity index (χ0v) is 16.6. The molecule has 0 bridgehead atoms. The molecular weight excluding hydrogens is 380 g/mol. The van der Waals surface area contributed by atoms with Crippen molar-refractivity contribution >= 4 is 23.5 Å². The average Bonchev–Trinajstić information content (AvgIpc) is 3.36. The molecule has 3 aliphatic rings. The first-order chi connectivity index (χ1) is 13.4. The van der Waals surface area contributed by atoms with Crippen LogP contribution >= 0.6 is 11.6 Å². The fourth-order valence-corrected chi connectivity index (χ4v) is 4.65. The Morgan fingerprint density at radius 2 is 2.07 bits per heavy atom. The molecule has 28 heavy (non-hydrogen) atoms. The van der Waals surface area contributed by atoms with Crippen molar-refractivity contribution in [3.05, 3.63) is 41.3 Å². The number of urea groups is 1. The fourth-order valence-electron chi connectivity index (χ4n) is 4.39. The number of hydrogen-bond acceptors (Lipinski definition) is 5. The Labute approximate surface area is 168 Å². The molecule has 1 aromatic heterocycles. The number of aryl methyl sites for hydroxylation is 1. The maximum atomic E-state index is 13.5. The maximum Gasteiger partial charge on any atom is 0.332 e. The third-order valence-electron chi connectivity index (χ3n) is 5.92.